The zero-order valence-corrected chi connectivity index (χ0v) is 10.8. The van der Waals surface area contributed by atoms with E-state index in [1.165, 1.54) is 13.5 Å². The van der Waals surface area contributed by atoms with Crippen LogP contribution in [0.5, 0.6) is 0 Å². The Bertz CT molecular complexity index is 275. The highest BCUT2D eigenvalue weighted by Crippen LogP contribution is 2.51. The summed E-state index contributed by atoms with van der Waals surface area (Å²) < 4.78 is 16.7. The number of hydrogen-bond donors (Lipinski definition) is 0. The maximum Gasteiger partial charge on any atom is 0.317 e. The maximum absolute atomic E-state index is 12.3. The molecule has 1 saturated heterocycles. The monoisotopic (exact) mass is 242 g/mol. The Morgan fingerprint density at radius 1 is 1.18 bits per heavy atom. The highest BCUT2D eigenvalue weighted by molar-refractivity contribution is 5.78. The van der Waals surface area contributed by atoms with E-state index < -0.39 is 11.2 Å². The summed E-state index contributed by atoms with van der Waals surface area (Å²) in [4.78, 5) is 12.3. The first-order valence-electron chi connectivity index (χ1n) is 6.57. The number of methoxy groups -OCH3 is 1. The van der Waals surface area contributed by atoms with Crippen molar-refractivity contribution < 1.29 is 19.0 Å². The molecule has 2 fully saturated rings. The minimum absolute atomic E-state index is 0.166. The molecule has 1 aliphatic carbocycles. The lowest BCUT2D eigenvalue weighted by atomic mass is 9.67. The molecule has 1 aliphatic heterocycles. The molecule has 0 atom stereocenters. The third kappa shape index (κ3) is 1.87. The van der Waals surface area contributed by atoms with E-state index in [1.807, 2.05) is 6.92 Å². The van der Waals surface area contributed by atoms with Crippen LogP contribution in [0.4, 0.5) is 0 Å². The van der Waals surface area contributed by atoms with Gasteiger partial charge in [-0.2, -0.15) is 0 Å². The molecule has 0 aromatic rings. The highest BCUT2D eigenvalue weighted by Gasteiger charge is 2.60. The van der Waals surface area contributed by atoms with Crippen LogP contribution in [0.3, 0.4) is 0 Å². The first kappa shape index (κ1) is 12.8. The predicted octanol–water partition coefficient (Wildman–Crippen LogP) is 2.26. The SMILES string of the molecule is CCC1(C2(C(=O)OC)CCCCC2)OCCO1. The molecule has 0 spiro atoms. The quantitative estimate of drug-likeness (QED) is 0.712. The molecule has 0 aromatic heterocycles. The molecular weight excluding hydrogens is 220 g/mol. The zero-order chi connectivity index (χ0) is 12.4. The van der Waals surface area contributed by atoms with Crippen molar-refractivity contribution in [2.75, 3.05) is 20.3 Å². The lowest BCUT2D eigenvalue weighted by Gasteiger charge is -2.46. The molecular formula is C13H22O4. The molecule has 0 aromatic carbocycles. The topological polar surface area (TPSA) is 44.8 Å². The van der Waals surface area contributed by atoms with Gasteiger partial charge in [-0.05, 0) is 19.3 Å². The van der Waals surface area contributed by atoms with Crippen LogP contribution in [0.2, 0.25) is 0 Å². The molecule has 0 amide bonds. The van der Waals surface area contributed by atoms with Crippen molar-refractivity contribution in [3.8, 4) is 0 Å². The van der Waals surface area contributed by atoms with E-state index in [2.05, 4.69) is 0 Å². The minimum Gasteiger partial charge on any atom is -0.468 e. The van der Waals surface area contributed by atoms with Crippen LogP contribution < -0.4 is 0 Å². The van der Waals surface area contributed by atoms with Crippen LogP contribution in [-0.2, 0) is 19.0 Å². The molecule has 0 radical (unpaired) electrons. The lowest BCUT2D eigenvalue weighted by Crippen LogP contribution is -2.55. The fraction of sp³-hybridized carbons (Fsp3) is 0.923. The number of ether oxygens (including phenoxy) is 3. The summed E-state index contributed by atoms with van der Waals surface area (Å²) in [6, 6.07) is 0. The van der Waals surface area contributed by atoms with E-state index in [1.54, 1.807) is 0 Å². The van der Waals surface area contributed by atoms with E-state index in [0.29, 0.717) is 19.6 Å². The Labute approximate surface area is 103 Å². The Morgan fingerprint density at radius 2 is 1.76 bits per heavy atom. The minimum atomic E-state index is -0.749. The molecule has 17 heavy (non-hydrogen) atoms. The van der Waals surface area contributed by atoms with Crippen LogP contribution in [0, 0.1) is 5.41 Å². The summed E-state index contributed by atoms with van der Waals surface area (Å²) >= 11 is 0. The van der Waals surface area contributed by atoms with Crippen LogP contribution in [-0.4, -0.2) is 32.1 Å². The van der Waals surface area contributed by atoms with E-state index in [-0.39, 0.29) is 5.97 Å². The van der Waals surface area contributed by atoms with E-state index in [9.17, 15) is 4.79 Å². The standard InChI is InChI=1S/C13H22O4/c1-3-13(16-9-10-17-13)12(11(14)15-2)7-5-4-6-8-12/h3-10H2,1-2H3. The number of carbonyl (C=O) groups is 1. The average Bonchev–Trinajstić information content (AvgIpc) is 2.89. The van der Waals surface area contributed by atoms with Gasteiger partial charge in [0.05, 0.1) is 20.3 Å². The zero-order valence-electron chi connectivity index (χ0n) is 10.8. The van der Waals surface area contributed by atoms with Gasteiger partial charge in [-0.1, -0.05) is 26.2 Å². The highest BCUT2D eigenvalue weighted by atomic mass is 16.7. The molecule has 0 unspecified atom stereocenters. The number of esters is 1. The second kappa shape index (κ2) is 4.94. The average molecular weight is 242 g/mol. The van der Waals surface area contributed by atoms with Crippen LogP contribution >= 0.6 is 0 Å². The second-order valence-corrected chi connectivity index (χ2v) is 4.94. The molecule has 2 aliphatic rings. The third-order valence-corrected chi connectivity index (χ3v) is 4.23. The van der Waals surface area contributed by atoms with E-state index >= 15 is 0 Å². The summed E-state index contributed by atoms with van der Waals surface area (Å²) in [6.45, 7) is 3.17. The van der Waals surface area contributed by atoms with Crippen molar-refractivity contribution in [3.63, 3.8) is 0 Å². The Hall–Kier alpha value is -0.610. The van der Waals surface area contributed by atoms with Gasteiger partial charge in [0.1, 0.15) is 5.41 Å². The number of rotatable bonds is 3. The van der Waals surface area contributed by atoms with Gasteiger partial charge in [0.2, 0.25) is 0 Å². The Balaban J connectivity index is 2.33. The van der Waals surface area contributed by atoms with Crippen LogP contribution in [0.25, 0.3) is 0 Å². The summed E-state index contributed by atoms with van der Waals surface area (Å²) in [5.74, 6) is -0.915. The summed E-state index contributed by atoms with van der Waals surface area (Å²) in [5, 5.41) is 0. The van der Waals surface area contributed by atoms with Gasteiger partial charge in [0.15, 0.2) is 5.79 Å². The molecule has 0 N–H and O–H groups in total. The Kier molecular flexibility index (Phi) is 3.73. The third-order valence-electron chi connectivity index (χ3n) is 4.23. The first-order chi connectivity index (χ1) is 8.21. The molecule has 1 saturated carbocycles. The maximum atomic E-state index is 12.3. The number of hydrogen-bond acceptors (Lipinski definition) is 4. The Morgan fingerprint density at radius 3 is 2.24 bits per heavy atom. The van der Waals surface area contributed by atoms with E-state index in [0.717, 1.165) is 25.7 Å². The molecule has 1 heterocycles. The van der Waals surface area contributed by atoms with Crippen molar-refractivity contribution in [1.82, 2.24) is 0 Å². The van der Waals surface area contributed by atoms with E-state index in [4.69, 9.17) is 14.2 Å². The fourth-order valence-corrected chi connectivity index (χ4v) is 3.36. The van der Waals surface area contributed by atoms with Crippen molar-refractivity contribution in [2.24, 2.45) is 5.41 Å². The first-order valence-corrected chi connectivity index (χ1v) is 6.57. The molecule has 4 heteroatoms. The molecule has 0 bridgehead atoms. The van der Waals surface area contributed by atoms with Crippen molar-refractivity contribution in [2.45, 2.75) is 51.2 Å². The van der Waals surface area contributed by atoms with Gasteiger partial charge in [-0.15, -0.1) is 0 Å². The number of carbonyl (C=O) groups excluding carboxylic acids is 1. The lowest BCUT2D eigenvalue weighted by molar-refractivity contribution is -0.252. The summed E-state index contributed by atoms with van der Waals surface area (Å²) in [7, 11) is 1.46. The van der Waals surface area contributed by atoms with Crippen molar-refractivity contribution in [3.05, 3.63) is 0 Å². The summed E-state index contributed by atoms with van der Waals surface area (Å²) in [5.41, 5.74) is -0.592. The fourth-order valence-electron chi connectivity index (χ4n) is 3.36. The van der Waals surface area contributed by atoms with Gasteiger partial charge in [-0.3, -0.25) is 4.79 Å². The van der Waals surface area contributed by atoms with Gasteiger partial charge in [0, 0.05) is 0 Å². The normalized spacial score (nSPS) is 26.7. The van der Waals surface area contributed by atoms with Gasteiger partial charge < -0.3 is 14.2 Å². The van der Waals surface area contributed by atoms with Crippen molar-refractivity contribution >= 4 is 5.97 Å². The second-order valence-electron chi connectivity index (χ2n) is 4.94. The van der Waals surface area contributed by atoms with Gasteiger partial charge in [-0.25, -0.2) is 0 Å². The summed E-state index contributed by atoms with van der Waals surface area (Å²) in [6.07, 6.45) is 5.59. The van der Waals surface area contributed by atoms with Gasteiger partial charge in [0.25, 0.3) is 0 Å². The van der Waals surface area contributed by atoms with Gasteiger partial charge >= 0.3 is 5.97 Å². The predicted molar refractivity (Wildman–Crippen MR) is 62.5 cm³/mol. The molecule has 2 rings (SSSR count). The molecule has 98 valence electrons. The van der Waals surface area contributed by atoms with Crippen LogP contribution in [0.15, 0.2) is 0 Å². The van der Waals surface area contributed by atoms with Crippen molar-refractivity contribution in [1.29, 1.82) is 0 Å². The molecule has 4 nitrogen and oxygen atoms in total. The smallest absolute Gasteiger partial charge is 0.317 e. The largest absolute Gasteiger partial charge is 0.468 e. The van der Waals surface area contributed by atoms with Crippen LogP contribution in [0.1, 0.15) is 45.4 Å².